The number of sulfonamides is 1. The number of halogens is 3. The highest BCUT2D eigenvalue weighted by molar-refractivity contribution is 7.89. The van der Waals surface area contributed by atoms with Gasteiger partial charge < -0.3 is 10.1 Å². The zero-order valence-electron chi connectivity index (χ0n) is 13.7. The van der Waals surface area contributed by atoms with Crippen LogP contribution in [-0.2, 0) is 21.3 Å². The number of benzene rings is 2. The summed E-state index contributed by atoms with van der Waals surface area (Å²) in [7, 11) is -3.98. The first-order valence-corrected chi connectivity index (χ1v) is 9.75. The second-order valence-electron chi connectivity index (χ2n) is 5.72. The van der Waals surface area contributed by atoms with Gasteiger partial charge in [-0.05, 0) is 30.3 Å². The molecular weight excluding hydrogens is 386 g/mol. The van der Waals surface area contributed by atoms with Crippen molar-refractivity contribution in [1.29, 1.82) is 0 Å². The van der Waals surface area contributed by atoms with Gasteiger partial charge in [0.1, 0.15) is 16.5 Å². The van der Waals surface area contributed by atoms with E-state index in [1.165, 1.54) is 28.6 Å². The Balaban J connectivity index is 1.83. The van der Waals surface area contributed by atoms with E-state index in [-0.39, 0.29) is 43.4 Å². The molecule has 0 saturated carbocycles. The van der Waals surface area contributed by atoms with Crippen LogP contribution >= 0.6 is 11.6 Å². The van der Waals surface area contributed by atoms with Gasteiger partial charge in [-0.3, -0.25) is 0 Å². The van der Waals surface area contributed by atoms with Crippen molar-refractivity contribution in [2.45, 2.75) is 11.4 Å². The first kappa shape index (κ1) is 19.0. The maximum Gasteiger partial charge on any atom is 0.246 e. The van der Waals surface area contributed by atoms with Crippen molar-refractivity contribution in [3.05, 3.63) is 58.6 Å². The average molecular weight is 403 g/mol. The summed E-state index contributed by atoms with van der Waals surface area (Å²) >= 11 is 5.97. The van der Waals surface area contributed by atoms with Gasteiger partial charge in [0.15, 0.2) is 0 Å². The fraction of sp³-hybridized carbons (Fsp3) is 0.294. The summed E-state index contributed by atoms with van der Waals surface area (Å²) in [6, 6.07) is 7.99. The summed E-state index contributed by atoms with van der Waals surface area (Å²) in [4.78, 5) is -0.427. The number of ether oxygens (including phenoxy) is 1. The van der Waals surface area contributed by atoms with E-state index in [1.54, 1.807) is 6.07 Å². The maximum absolute atomic E-state index is 14.2. The third-order valence-corrected chi connectivity index (χ3v) is 6.32. The Kier molecular flexibility index (Phi) is 5.76. The molecule has 1 heterocycles. The van der Waals surface area contributed by atoms with Crippen molar-refractivity contribution in [1.82, 2.24) is 4.31 Å². The standard InChI is InChI=1S/C17H17ClF2N2O3S/c18-14-2-1-3-15(19)13(14)11-21-12-4-5-16(20)17(10-12)26(23,24)22-6-8-25-9-7-22/h1-5,10,21H,6-9,11H2. The fourth-order valence-corrected chi connectivity index (χ4v) is 4.36. The molecule has 0 bridgehead atoms. The van der Waals surface area contributed by atoms with Gasteiger partial charge in [0.2, 0.25) is 10.0 Å². The highest BCUT2D eigenvalue weighted by Crippen LogP contribution is 2.25. The summed E-state index contributed by atoms with van der Waals surface area (Å²) in [5.41, 5.74) is 0.591. The minimum absolute atomic E-state index is 0.0359. The van der Waals surface area contributed by atoms with Gasteiger partial charge >= 0.3 is 0 Å². The van der Waals surface area contributed by atoms with Crippen LogP contribution in [0.4, 0.5) is 14.5 Å². The lowest BCUT2D eigenvalue weighted by atomic mass is 10.2. The van der Waals surface area contributed by atoms with Crippen LogP contribution in [0, 0.1) is 11.6 Å². The van der Waals surface area contributed by atoms with Crippen molar-refractivity contribution in [3.8, 4) is 0 Å². The van der Waals surface area contributed by atoms with Crippen LogP contribution in [0.1, 0.15) is 5.56 Å². The predicted octanol–water partition coefficient (Wildman–Crippen LogP) is 3.25. The normalized spacial score (nSPS) is 15.8. The summed E-state index contributed by atoms with van der Waals surface area (Å²) in [5, 5.41) is 3.14. The lowest BCUT2D eigenvalue weighted by Gasteiger charge is -2.26. The monoisotopic (exact) mass is 402 g/mol. The smallest absolute Gasteiger partial charge is 0.246 e. The van der Waals surface area contributed by atoms with E-state index in [9.17, 15) is 17.2 Å². The molecule has 1 fully saturated rings. The number of hydrogen-bond acceptors (Lipinski definition) is 4. The predicted molar refractivity (Wildman–Crippen MR) is 94.7 cm³/mol. The van der Waals surface area contributed by atoms with E-state index in [1.807, 2.05) is 0 Å². The SMILES string of the molecule is O=S(=O)(c1cc(NCc2c(F)cccc2Cl)ccc1F)N1CCOCC1. The summed E-state index contributed by atoms with van der Waals surface area (Å²) in [6.45, 7) is 0.915. The van der Waals surface area contributed by atoms with E-state index in [0.29, 0.717) is 5.69 Å². The van der Waals surface area contributed by atoms with Crippen molar-refractivity contribution >= 4 is 27.3 Å². The minimum Gasteiger partial charge on any atom is -0.381 e. The second-order valence-corrected chi connectivity index (χ2v) is 8.03. The Hall–Kier alpha value is -1.74. The molecule has 1 aliphatic heterocycles. The molecule has 5 nitrogen and oxygen atoms in total. The van der Waals surface area contributed by atoms with Gasteiger partial charge in [-0.25, -0.2) is 17.2 Å². The molecule has 26 heavy (non-hydrogen) atoms. The molecule has 9 heteroatoms. The van der Waals surface area contributed by atoms with Crippen molar-refractivity contribution in [2.75, 3.05) is 31.6 Å². The molecule has 0 atom stereocenters. The van der Waals surface area contributed by atoms with Crippen LogP contribution in [0.3, 0.4) is 0 Å². The number of hydrogen-bond donors (Lipinski definition) is 1. The molecule has 3 rings (SSSR count). The zero-order chi connectivity index (χ0) is 18.7. The molecule has 0 spiro atoms. The van der Waals surface area contributed by atoms with Crippen molar-refractivity contribution in [2.24, 2.45) is 0 Å². The van der Waals surface area contributed by atoms with E-state index < -0.39 is 26.6 Å². The van der Waals surface area contributed by atoms with Crippen LogP contribution in [0.5, 0.6) is 0 Å². The van der Waals surface area contributed by atoms with Gasteiger partial charge in [0, 0.05) is 35.9 Å². The Morgan fingerprint density at radius 2 is 1.85 bits per heavy atom. The van der Waals surface area contributed by atoms with Crippen molar-refractivity contribution in [3.63, 3.8) is 0 Å². The molecule has 1 aliphatic rings. The lowest BCUT2D eigenvalue weighted by Crippen LogP contribution is -2.40. The van der Waals surface area contributed by atoms with Gasteiger partial charge in [-0.1, -0.05) is 17.7 Å². The molecule has 0 aliphatic carbocycles. The van der Waals surface area contributed by atoms with E-state index in [0.717, 1.165) is 6.07 Å². The number of rotatable bonds is 5. The van der Waals surface area contributed by atoms with Gasteiger partial charge in [0.05, 0.1) is 13.2 Å². The lowest BCUT2D eigenvalue weighted by molar-refractivity contribution is 0.0729. The first-order valence-electron chi connectivity index (χ1n) is 7.94. The molecule has 1 saturated heterocycles. The Morgan fingerprint density at radius 1 is 1.12 bits per heavy atom. The molecule has 2 aromatic carbocycles. The molecule has 140 valence electrons. The number of nitrogens with zero attached hydrogens (tertiary/aromatic N) is 1. The highest BCUT2D eigenvalue weighted by Gasteiger charge is 2.29. The molecule has 1 N–H and O–H groups in total. The first-order chi connectivity index (χ1) is 12.4. The fourth-order valence-electron chi connectivity index (χ4n) is 2.63. The van der Waals surface area contributed by atoms with Crippen LogP contribution in [0.15, 0.2) is 41.3 Å². The number of nitrogens with one attached hydrogen (secondary N) is 1. The van der Waals surface area contributed by atoms with E-state index in [2.05, 4.69) is 5.32 Å². The van der Waals surface area contributed by atoms with E-state index in [4.69, 9.17) is 16.3 Å². The molecule has 0 radical (unpaired) electrons. The third-order valence-electron chi connectivity index (χ3n) is 4.05. The van der Waals surface area contributed by atoms with Crippen LogP contribution in [-0.4, -0.2) is 39.0 Å². The quantitative estimate of drug-likeness (QED) is 0.834. The van der Waals surface area contributed by atoms with Gasteiger partial charge in [-0.15, -0.1) is 0 Å². The van der Waals surface area contributed by atoms with Crippen molar-refractivity contribution < 1.29 is 21.9 Å². The maximum atomic E-state index is 14.2. The summed E-state index contributed by atoms with van der Waals surface area (Å²) in [5.74, 6) is -1.32. The number of morpholine rings is 1. The Morgan fingerprint density at radius 3 is 2.54 bits per heavy atom. The zero-order valence-corrected chi connectivity index (χ0v) is 15.3. The largest absolute Gasteiger partial charge is 0.381 e. The molecule has 0 unspecified atom stereocenters. The summed E-state index contributed by atoms with van der Waals surface area (Å²) in [6.07, 6.45) is 0. The molecule has 2 aromatic rings. The third kappa shape index (κ3) is 3.98. The Labute approximate surface area is 155 Å². The van der Waals surface area contributed by atoms with Gasteiger partial charge in [0.25, 0.3) is 0 Å². The second kappa shape index (κ2) is 7.87. The van der Waals surface area contributed by atoms with Gasteiger partial charge in [-0.2, -0.15) is 4.31 Å². The van der Waals surface area contributed by atoms with Crippen LogP contribution < -0.4 is 5.32 Å². The number of anilines is 1. The highest BCUT2D eigenvalue weighted by atomic mass is 35.5. The molecular formula is C17H17ClF2N2O3S. The molecule has 0 amide bonds. The Bertz CT molecular complexity index is 883. The van der Waals surface area contributed by atoms with E-state index >= 15 is 0 Å². The average Bonchev–Trinajstić information content (AvgIpc) is 2.63. The minimum atomic E-state index is -3.98. The van der Waals surface area contributed by atoms with Crippen LogP contribution in [0.25, 0.3) is 0 Å². The summed E-state index contributed by atoms with van der Waals surface area (Å²) < 4.78 is 59.6. The van der Waals surface area contributed by atoms with Crippen LogP contribution in [0.2, 0.25) is 5.02 Å². The molecule has 0 aromatic heterocycles. The topological polar surface area (TPSA) is 58.6 Å².